The summed E-state index contributed by atoms with van der Waals surface area (Å²) in [6, 6.07) is 0. The summed E-state index contributed by atoms with van der Waals surface area (Å²) in [7, 11) is 1.34. The van der Waals surface area contributed by atoms with Crippen LogP contribution in [-0.2, 0) is 9.53 Å². The van der Waals surface area contributed by atoms with Crippen LogP contribution in [0.5, 0.6) is 0 Å². The second kappa shape index (κ2) is 9.85. The second-order valence-electron chi connectivity index (χ2n) is 3.03. The highest BCUT2D eigenvalue weighted by molar-refractivity contribution is 5.88. The van der Waals surface area contributed by atoms with Gasteiger partial charge in [-0.2, -0.15) is 0 Å². The van der Waals surface area contributed by atoms with Crippen LogP contribution in [0.4, 0.5) is 0 Å². The van der Waals surface area contributed by atoms with Gasteiger partial charge in [0.1, 0.15) is 0 Å². The van der Waals surface area contributed by atoms with Crippen LogP contribution in [0.25, 0.3) is 0 Å². The summed E-state index contributed by atoms with van der Waals surface area (Å²) in [6.45, 7) is 3.66. The SMILES string of the molecule is C=CCCCCCCC#CC(=O)OC. The van der Waals surface area contributed by atoms with Crippen LogP contribution >= 0.6 is 0 Å². The monoisotopic (exact) mass is 194 g/mol. The van der Waals surface area contributed by atoms with E-state index in [-0.39, 0.29) is 0 Å². The molecule has 0 aromatic carbocycles. The summed E-state index contributed by atoms with van der Waals surface area (Å²) in [5, 5.41) is 0. The van der Waals surface area contributed by atoms with E-state index < -0.39 is 5.97 Å². The Balaban J connectivity index is 3.23. The fourth-order valence-electron chi connectivity index (χ4n) is 1.04. The first-order chi connectivity index (χ1) is 6.81. The Morgan fingerprint density at radius 2 is 2.07 bits per heavy atom. The van der Waals surface area contributed by atoms with Crippen molar-refractivity contribution >= 4 is 5.97 Å². The van der Waals surface area contributed by atoms with Crippen molar-refractivity contribution in [2.75, 3.05) is 7.11 Å². The molecule has 0 aliphatic rings. The molecule has 0 aromatic heterocycles. The molecule has 0 saturated carbocycles. The molecule has 0 rings (SSSR count). The molecular weight excluding hydrogens is 176 g/mol. The normalized spacial score (nSPS) is 8.64. The van der Waals surface area contributed by atoms with E-state index in [4.69, 9.17) is 0 Å². The molecule has 0 atom stereocenters. The Morgan fingerprint density at radius 1 is 1.36 bits per heavy atom. The molecule has 0 radical (unpaired) electrons. The molecular formula is C12H18O2. The Hall–Kier alpha value is -1.23. The van der Waals surface area contributed by atoms with E-state index in [1.807, 2.05) is 6.08 Å². The van der Waals surface area contributed by atoms with E-state index in [0.717, 1.165) is 19.3 Å². The van der Waals surface area contributed by atoms with Gasteiger partial charge in [-0.05, 0) is 19.3 Å². The van der Waals surface area contributed by atoms with E-state index in [1.54, 1.807) is 0 Å². The van der Waals surface area contributed by atoms with E-state index in [9.17, 15) is 4.79 Å². The number of hydrogen-bond acceptors (Lipinski definition) is 2. The van der Waals surface area contributed by atoms with Gasteiger partial charge in [-0.15, -0.1) is 6.58 Å². The van der Waals surface area contributed by atoms with Gasteiger partial charge in [-0.1, -0.05) is 24.8 Å². The highest BCUT2D eigenvalue weighted by atomic mass is 16.5. The van der Waals surface area contributed by atoms with Crippen LogP contribution in [0.15, 0.2) is 12.7 Å². The van der Waals surface area contributed by atoms with Crippen molar-refractivity contribution in [1.29, 1.82) is 0 Å². The molecule has 0 aromatic rings. The highest BCUT2D eigenvalue weighted by Crippen LogP contribution is 2.04. The standard InChI is InChI=1S/C12H18O2/c1-3-4-5-6-7-8-9-10-11-12(13)14-2/h3H,1,4-9H2,2H3. The molecule has 14 heavy (non-hydrogen) atoms. The van der Waals surface area contributed by atoms with Gasteiger partial charge < -0.3 is 4.74 Å². The molecule has 0 heterocycles. The number of allylic oxidation sites excluding steroid dienone is 1. The van der Waals surface area contributed by atoms with Gasteiger partial charge in [0.2, 0.25) is 0 Å². The lowest BCUT2D eigenvalue weighted by atomic mass is 10.1. The van der Waals surface area contributed by atoms with Crippen LogP contribution in [0.3, 0.4) is 0 Å². The summed E-state index contributed by atoms with van der Waals surface area (Å²) >= 11 is 0. The summed E-state index contributed by atoms with van der Waals surface area (Å²) in [4.78, 5) is 10.6. The maximum atomic E-state index is 10.6. The average molecular weight is 194 g/mol. The fraction of sp³-hybridized carbons (Fsp3) is 0.583. The van der Waals surface area contributed by atoms with Crippen molar-refractivity contribution in [3.63, 3.8) is 0 Å². The molecule has 2 heteroatoms. The maximum Gasteiger partial charge on any atom is 0.384 e. The number of carbonyl (C=O) groups excluding carboxylic acids is 1. The fourth-order valence-corrected chi connectivity index (χ4v) is 1.04. The number of rotatable bonds is 6. The van der Waals surface area contributed by atoms with Gasteiger partial charge in [-0.25, -0.2) is 4.79 Å². The third-order valence-electron chi connectivity index (χ3n) is 1.84. The lowest BCUT2D eigenvalue weighted by molar-refractivity contribution is -0.133. The van der Waals surface area contributed by atoms with Crippen LogP contribution in [0.1, 0.15) is 38.5 Å². The minimum absolute atomic E-state index is 0.448. The van der Waals surface area contributed by atoms with Crippen LogP contribution in [0, 0.1) is 11.8 Å². The third kappa shape index (κ3) is 8.86. The summed E-state index contributed by atoms with van der Waals surface area (Å²) in [5.74, 6) is 4.74. The predicted molar refractivity (Wildman–Crippen MR) is 57.7 cm³/mol. The summed E-state index contributed by atoms with van der Waals surface area (Å²) < 4.78 is 4.39. The summed E-state index contributed by atoms with van der Waals surface area (Å²) in [5.41, 5.74) is 0. The minimum Gasteiger partial charge on any atom is -0.459 e. The van der Waals surface area contributed by atoms with Crippen LogP contribution < -0.4 is 0 Å². The number of esters is 1. The molecule has 0 unspecified atom stereocenters. The Bertz CT molecular complexity index is 220. The topological polar surface area (TPSA) is 26.3 Å². The lowest BCUT2D eigenvalue weighted by Crippen LogP contribution is -1.94. The van der Waals surface area contributed by atoms with Crippen LogP contribution in [0.2, 0.25) is 0 Å². The molecule has 0 bridgehead atoms. The minimum atomic E-state index is -0.448. The molecule has 0 N–H and O–H groups in total. The third-order valence-corrected chi connectivity index (χ3v) is 1.84. The molecule has 0 spiro atoms. The maximum absolute atomic E-state index is 10.6. The highest BCUT2D eigenvalue weighted by Gasteiger charge is 1.89. The lowest BCUT2D eigenvalue weighted by Gasteiger charge is -1.94. The molecule has 2 nitrogen and oxygen atoms in total. The Kier molecular flexibility index (Phi) is 8.99. The number of carbonyl (C=O) groups is 1. The Labute approximate surface area is 86.3 Å². The van der Waals surface area contributed by atoms with Crippen LogP contribution in [-0.4, -0.2) is 13.1 Å². The smallest absolute Gasteiger partial charge is 0.384 e. The van der Waals surface area contributed by atoms with E-state index >= 15 is 0 Å². The van der Waals surface area contributed by atoms with E-state index in [0.29, 0.717) is 0 Å². The molecule has 0 aliphatic heterocycles. The first-order valence-electron chi connectivity index (χ1n) is 4.99. The first-order valence-corrected chi connectivity index (χ1v) is 4.99. The zero-order chi connectivity index (χ0) is 10.6. The number of methoxy groups -OCH3 is 1. The largest absolute Gasteiger partial charge is 0.459 e. The van der Waals surface area contributed by atoms with Crippen molar-refractivity contribution in [3.8, 4) is 11.8 Å². The van der Waals surface area contributed by atoms with Gasteiger partial charge in [0.15, 0.2) is 0 Å². The second-order valence-corrected chi connectivity index (χ2v) is 3.03. The van der Waals surface area contributed by atoms with Crippen molar-refractivity contribution in [1.82, 2.24) is 0 Å². The van der Waals surface area contributed by atoms with Crippen molar-refractivity contribution in [2.45, 2.75) is 38.5 Å². The van der Waals surface area contributed by atoms with E-state index in [2.05, 4.69) is 23.2 Å². The predicted octanol–water partition coefficient (Wildman–Crippen LogP) is 2.69. The number of ether oxygens (including phenoxy) is 1. The zero-order valence-corrected chi connectivity index (χ0v) is 8.84. The van der Waals surface area contributed by atoms with Gasteiger partial charge in [0.05, 0.1) is 7.11 Å². The quantitative estimate of drug-likeness (QED) is 0.214. The molecule has 0 aliphatic carbocycles. The van der Waals surface area contributed by atoms with Crippen molar-refractivity contribution in [3.05, 3.63) is 12.7 Å². The van der Waals surface area contributed by atoms with Gasteiger partial charge >= 0.3 is 5.97 Å². The zero-order valence-electron chi connectivity index (χ0n) is 8.84. The number of unbranched alkanes of at least 4 members (excludes halogenated alkanes) is 5. The van der Waals surface area contributed by atoms with Gasteiger partial charge in [0, 0.05) is 12.3 Å². The molecule has 78 valence electrons. The van der Waals surface area contributed by atoms with Crippen molar-refractivity contribution in [2.24, 2.45) is 0 Å². The molecule has 0 amide bonds. The summed E-state index contributed by atoms with van der Waals surface area (Å²) in [6.07, 6.45) is 8.46. The molecule has 0 fully saturated rings. The molecule has 0 saturated heterocycles. The van der Waals surface area contributed by atoms with Crippen molar-refractivity contribution < 1.29 is 9.53 Å². The van der Waals surface area contributed by atoms with Gasteiger partial charge in [0.25, 0.3) is 0 Å². The Morgan fingerprint density at radius 3 is 2.71 bits per heavy atom. The van der Waals surface area contributed by atoms with E-state index in [1.165, 1.54) is 26.4 Å². The average Bonchev–Trinajstić information content (AvgIpc) is 2.21. The van der Waals surface area contributed by atoms with Gasteiger partial charge in [-0.3, -0.25) is 0 Å². The first kappa shape index (κ1) is 12.8. The number of hydrogen-bond donors (Lipinski definition) is 0.